The minimum absolute atomic E-state index is 0.0342. The van der Waals surface area contributed by atoms with Crippen LogP contribution in [0, 0.1) is 5.41 Å². The molecule has 0 atom stereocenters. The van der Waals surface area contributed by atoms with E-state index in [1.807, 2.05) is 55.3 Å². The third-order valence-electron chi connectivity index (χ3n) is 7.10. The van der Waals surface area contributed by atoms with E-state index in [2.05, 4.69) is 4.90 Å². The summed E-state index contributed by atoms with van der Waals surface area (Å²) >= 11 is 12.7. The van der Waals surface area contributed by atoms with Crippen molar-refractivity contribution < 1.29 is 9.90 Å². The van der Waals surface area contributed by atoms with E-state index in [1.165, 1.54) is 0 Å². The third-order valence-corrected chi connectivity index (χ3v) is 7.68. The zero-order valence-corrected chi connectivity index (χ0v) is 23.0. The van der Waals surface area contributed by atoms with Gasteiger partial charge >= 0.3 is 0 Å². The lowest BCUT2D eigenvalue weighted by atomic mass is 9.80. The lowest BCUT2D eigenvalue weighted by molar-refractivity contribution is -0.127. The zero-order chi connectivity index (χ0) is 27.4. The number of piperidine rings is 1. The van der Waals surface area contributed by atoms with Crippen LogP contribution in [0.15, 0.2) is 54.6 Å². The Morgan fingerprint density at radius 1 is 1.08 bits per heavy atom. The Morgan fingerprint density at radius 2 is 1.74 bits per heavy atom. The zero-order valence-electron chi connectivity index (χ0n) is 21.5. The number of aromatic nitrogens is 2. The molecular formula is C28H32Cl2N6O2. The molecule has 1 saturated heterocycles. The van der Waals surface area contributed by atoms with Gasteiger partial charge in [-0.05, 0) is 36.6 Å². The van der Waals surface area contributed by atoms with Crippen LogP contribution in [0.2, 0.25) is 10.0 Å². The van der Waals surface area contributed by atoms with Crippen molar-refractivity contribution in [3.63, 3.8) is 0 Å². The molecule has 0 spiro atoms. The van der Waals surface area contributed by atoms with E-state index in [0.717, 1.165) is 5.56 Å². The lowest BCUT2D eigenvalue weighted by Crippen LogP contribution is -2.45. The lowest BCUT2D eigenvalue weighted by Gasteiger charge is -2.38. The SMILES string of the molecule is CN(CCO)c1cc(N2CCC(C)(C(N)=O)CC2)nc(/C(=C(\N)c2ccccc2Cl)c2ccc(Cl)cc2)n1. The number of rotatable bonds is 8. The molecule has 2 heterocycles. The molecule has 2 aromatic carbocycles. The van der Waals surface area contributed by atoms with E-state index in [0.29, 0.717) is 76.8 Å². The van der Waals surface area contributed by atoms with Gasteiger partial charge in [-0.25, -0.2) is 9.97 Å². The molecule has 0 bridgehead atoms. The molecular weight excluding hydrogens is 523 g/mol. The fraction of sp³-hybridized carbons (Fsp3) is 0.321. The summed E-state index contributed by atoms with van der Waals surface area (Å²) < 4.78 is 0. The minimum Gasteiger partial charge on any atom is -0.398 e. The van der Waals surface area contributed by atoms with E-state index in [1.54, 1.807) is 18.2 Å². The smallest absolute Gasteiger partial charge is 0.223 e. The van der Waals surface area contributed by atoms with Gasteiger partial charge in [0, 0.05) is 53.8 Å². The summed E-state index contributed by atoms with van der Waals surface area (Å²) in [5.74, 6) is 1.44. The number of primary amides is 1. The molecule has 1 aliphatic rings. The Hall–Kier alpha value is -3.33. The van der Waals surface area contributed by atoms with Gasteiger partial charge in [0.15, 0.2) is 5.82 Å². The molecule has 1 fully saturated rings. The average Bonchev–Trinajstić information content (AvgIpc) is 2.90. The molecule has 8 nitrogen and oxygen atoms in total. The second-order valence-electron chi connectivity index (χ2n) is 9.74. The van der Waals surface area contributed by atoms with E-state index in [-0.39, 0.29) is 12.5 Å². The molecule has 1 aliphatic heterocycles. The maximum absolute atomic E-state index is 12.0. The highest BCUT2D eigenvalue weighted by Crippen LogP contribution is 2.36. The first-order valence-electron chi connectivity index (χ1n) is 12.4. The number of likely N-dealkylation sites (N-methyl/N-ethyl adjacent to an activating group) is 1. The molecule has 3 aromatic rings. The fourth-order valence-electron chi connectivity index (χ4n) is 4.47. The number of hydrogen-bond donors (Lipinski definition) is 3. The summed E-state index contributed by atoms with van der Waals surface area (Å²) in [6.45, 7) is 3.48. The van der Waals surface area contributed by atoms with Crippen molar-refractivity contribution in [1.29, 1.82) is 0 Å². The van der Waals surface area contributed by atoms with Crippen molar-refractivity contribution >= 4 is 52.0 Å². The molecule has 0 radical (unpaired) electrons. The number of carbonyl (C=O) groups is 1. The van der Waals surface area contributed by atoms with Crippen LogP contribution >= 0.6 is 23.2 Å². The molecule has 10 heteroatoms. The van der Waals surface area contributed by atoms with E-state index in [9.17, 15) is 9.90 Å². The average molecular weight is 556 g/mol. The molecule has 0 saturated carbocycles. The van der Waals surface area contributed by atoms with Gasteiger partial charge in [0.05, 0.1) is 17.9 Å². The molecule has 38 heavy (non-hydrogen) atoms. The van der Waals surface area contributed by atoms with Crippen LogP contribution in [0.4, 0.5) is 11.6 Å². The first-order valence-corrected chi connectivity index (χ1v) is 13.2. The highest BCUT2D eigenvalue weighted by molar-refractivity contribution is 6.32. The number of carbonyl (C=O) groups excluding carboxylic acids is 1. The van der Waals surface area contributed by atoms with Crippen molar-refractivity contribution in [3.05, 3.63) is 81.6 Å². The van der Waals surface area contributed by atoms with Gasteiger partial charge in [0.25, 0.3) is 0 Å². The van der Waals surface area contributed by atoms with E-state index >= 15 is 0 Å². The van der Waals surface area contributed by atoms with Gasteiger partial charge in [-0.3, -0.25) is 4.79 Å². The highest BCUT2D eigenvalue weighted by atomic mass is 35.5. The Morgan fingerprint density at radius 3 is 2.34 bits per heavy atom. The number of halogens is 2. The molecule has 200 valence electrons. The van der Waals surface area contributed by atoms with Crippen molar-refractivity contribution in [1.82, 2.24) is 9.97 Å². The van der Waals surface area contributed by atoms with Gasteiger partial charge in [0.2, 0.25) is 5.91 Å². The molecule has 0 unspecified atom stereocenters. The van der Waals surface area contributed by atoms with Crippen LogP contribution in [0.5, 0.6) is 0 Å². The minimum atomic E-state index is -0.550. The standard InChI is InChI=1S/C28H32Cl2N6O2/c1-28(27(32)38)11-13-36(14-12-28)23-17-22(35(2)15-16-37)33-26(34-23)24(18-7-9-19(29)10-8-18)25(31)20-5-3-4-6-21(20)30/h3-10,17,37H,11-16,31H2,1-2H3,(H2,32,38)/b25-24-. The van der Waals surface area contributed by atoms with Gasteiger partial charge in [-0.1, -0.05) is 60.5 Å². The number of amides is 1. The Bertz CT molecular complexity index is 1340. The first kappa shape index (κ1) is 27.7. The molecule has 1 aromatic heterocycles. The third kappa shape index (κ3) is 5.88. The summed E-state index contributed by atoms with van der Waals surface area (Å²) in [5.41, 5.74) is 14.4. The van der Waals surface area contributed by atoms with Gasteiger partial charge in [-0.2, -0.15) is 0 Å². The Balaban J connectivity index is 1.89. The summed E-state index contributed by atoms with van der Waals surface area (Å²) in [6.07, 6.45) is 1.23. The molecule has 0 aliphatic carbocycles. The fourth-order valence-corrected chi connectivity index (χ4v) is 4.83. The van der Waals surface area contributed by atoms with Crippen molar-refractivity contribution in [2.24, 2.45) is 16.9 Å². The first-order chi connectivity index (χ1) is 18.1. The quantitative estimate of drug-likeness (QED) is 0.357. The van der Waals surface area contributed by atoms with E-state index < -0.39 is 5.41 Å². The second-order valence-corrected chi connectivity index (χ2v) is 10.6. The number of nitrogens with zero attached hydrogens (tertiary/aromatic N) is 4. The number of aliphatic hydroxyl groups is 1. The van der Waals surface area contributed by atoms with Crippen molar-refractivity contribution in [2.45, 2.75) is 19.8 Å². The largest absolute Gasteiger partial charge is 0.398 e. The van der Waals surface area contributed by atoms with Crippen LogP contribution < -0.4 is 21.3 Å². The molecule has 1 amide bonds. The van der Waals surface area contributed by atoms with Gasteiger partial charge in [-0.15, -0.1) is 0 Å². The number of aliphatic hydroxyl groups excluding tert-OH is 1. The van der Waals surface area contributed by atoms with Crippen LogP contribution in [-0.2, 0) is 4.79 Å². The van der Waals surface area contributed by atoms with Crippen LogP contribution in [0.3, 0.4) is 0 Å². The monoisotopic (exact) mass is 554 g/mol. The molecule has 5 N–H and O–H groups in total. The highest BCUT2D eigenvalue weighted by Gasteiger charge is 2.36. The van der Waals surface area contributed by atoms with Crippen LogP contribution in [0.1, 0.15) is 36.7 Å². The number of benzene rings is 2. The predicted molar refractivity (Wildman–Crippen MR) is 154 cm³/mol. The van der Waals surface area contributed by atoms with Crippen LogP contribution in [0.25, 0.3) is 11.3 Å². The second kappa shape index (κ2) is 11.6. The van der Waals surface area contributed by atoms with Crippen LogP contribution in [-0.4, -0.2) is 54.3 Å². The maximum Gasteiger partial charge on any atom is 0.223 e. The summed E-state index contributed by atoms with van der Waals surface area (Å²) in [7, 11) is 1.86. The van der Waals surface area contributed by atoms with Crippen molar-refractivity contribution in [2.75, 3.05) is 43.1 Å². The number of hydrogen-bond acceptors (Lipinski definition) is 7. The van der Waals surface area contributed by atoms with Gasteiger partial charge in [0.1, 0.15) is 11.6 Å². The van der Waals surface area contributed by atoms with Gasteiger partial charge < -0.3 is 26.4 Å². The Kier molecular flexibility index (Phi) is 8.45. The maximum atomic E-state index is 12.0. The topological polar surface area (TPSA) is 122 Å². The number of anilines is 2. The summed E-state index contributed by atoms with van der Waals surface area (Å²) in [5, 5.41) is 10.7. The number of nitrogens with two attached hydrogens (primary N) is 2. The Labute approximate surface area is 232 Å². The van der Waals surface area contributed by atoms with Crippen molar-refractivity contribution in [3.8, 4) is 0 Å². The summed E-state index contributed by atoms with van der Waals surface area (Å²) in [6, 6.07) is 16.5. The normalized spacial score (nSPS) is 15.7. The predicted octanol–water partition coefficient (Wildman–Crippen LogP) is 4.18. The van der Waals surface area contributed by atoms with E-state index in [4.69, 9.17) is 44.6 Å². The molecule has 4 rings (SSSR count). The summed E-state index contributed by atoms with van der Waals surface area (Å²) in [4.78, 5) is 25.8.